The van der Waals surface area contributed by atoms with Crippen molar-refractivity contribution in [2.45, 2.75) is 32.6 Å². The minimum absolute atomic E-state index is 0.819. The van der Waals surface area contributed by atoms with E-state index in [1.165, 1.54) is 19.3 Å². The van der Waals surface area contributed by atoms with Gasteiger partial charge in [0.1, 0.15) is 6.61 Å². The van der Waals surface area contributed by atoms with Gasteiger partial charge in [-0.1, -0.05) is 26.2 Å². The molecule has 0 unspecified atom stereocenters. The van der Waals surface area contributed by atoms with Crippen LogP contribution < -0.4 is 5.90 Å². The zero-order valence-electron chi connectivity index (χ0n) is 5.65. The van der Waals surface area contributed by atoms with E-state index in [0.29, 0.717) is 0 Å². The highest BCUT2D eigenvalue weighted by molar-refractivity contribution is 4.36. The fourth-order valence-corrected chi connectivity index (χ4v) is 0.631. The average molecular weight is 118 g/mol. The highest BCUT2D eigenvalue weighted by Gasteiger charge is 1.85. The van der Waals surface area contributed by atoms with Gasteiger partial charge in [-0.2, -0.15) is 0 Å². The molecule has 0 aliphatic carbocycles. The predicted molar refractivity (Wildman–Crippen MR) is 33.0 cm³/mol. The molecule has 0 aliphatic rings. The molecule has 0 aromatic carbocycles. The van der Waals surface area contributed by atoms with Crippen molar-refractivity contribution in [3.8, 4) is 0 Å². The first-order valence-electron chi connectivity index (χ1n) is 3.28. The van der Waals surface area contributed by atoms with E-state index in [1.807, 2.05) is 0 Å². The van der Waals surface area contributed by atoms with Gasteiger partial charge in [0.15, 0.2) is 0 Å². The number of rotatable bonds is 5. The van der Waals surface area contributed by atoms with E-state index in [0.717, 1.165) is 13.0 Å². The van der Waals surface area contributed by atoms with Crippen molar-refractivity contribution in [1.29, 1.82) is 0 Å². The van der Waals surface area contributed by atoms with Gasteiger partial charge in [0, 0.05) is 0 Å². The van der Waals surface area contributed by atoms with Crippen LogP contribution in [-0.4, -0.2) is 6.61 Å². The summed E-state index contributed by atoms with van der Waals surface area (Å²) in [6.45, 7) is 3.02. The molecule has 0 atom stereocenters. The van der Waals surface area contributed by atoms with Crippen molar-refractivity contribution in [2.24, 2.45) is 0 Å². The molecule has 0 saturated carbocycles. The van der Waals surface area contributed by atoms with Crippen molar-refractivity contribution >= 4 is 0 Å². The maximum atomic E-state index is 4.64. The topological polar surface area (TPSA) is 36.9 Å². The third-order valence-electron chi connectivity index (χ3n) is 1.14. The van der Waals surface area contributed by atoms with Crippen LogP contribution >= 0.6 is 0 Å². The molecule has 0 aliphatic heterocycles. The quantitative estimate of drug-likeness (QED) is 0.419. The second-order valence-corrected chi connectivity index (χ2v) is 1.97. The van der Waals surface area contributed by atoms with Crippen LogP contribution in [0.4, 0.5) is 0 Å². The largest absolute Gasteiger partial charge is 0.213 e. The second-order valence-electron chi connectivity index (χ2n) is 1.97. The highest BCUT2D eigenvalue weighted by atomic mass is 16.6. The Kier molecular flexibility index (Phi) is 6.85. The third-order valence-corrected chi connectivity index (χ3v) is 1.14. The van der Waals surface area contributed by atoms with Crippen molar-refractivity contribution in [2.75, 3.05) is 6.61 Å². The van der Waals surface area contributed by atoms with Crippen molar-refractivity contribution < 1.29 is 10.7 Å². The summed E-state index contributed by atoms with van der Waals surface area (Å²) in [7, 11) is 0. The summed E-state index contributed by atoms with van der Waals surface area (Å²) in [6, 6.07) is 0. The maximum Gasteiger partial charge on any atom is 0.106 e. The number of quaternary nitrogens is 1. The first-order chi connectivity index (χ1) is 3.91. The summed E-state index contributed by atoms with van der Waals surface area (Å²) in [5.74, 6) is 3.28. The Morgan fingerprint density at radius 2 is 2.00 bits per heavy atom. The summed E-state index contributed by atoms with van der Waals surface area (Å²) in [4.78, 5) is 4.64. The summed E-state index contributed by atoms with van der Waals surface area (Å²) in [5.41, 5.74) is 0. The molecule has 2 nitrogen and oxygen atoms in total. The summed E-state index contributed by atoms with van der Waals surface area (Å²) < 4.78 is 0. The smallest absolute Gasteiger partial charge is 0.106 e. The van der Waals surface area contributed by atoms with Gasteiger partial charge in [-0.15, -0.1) is 0 Å². The Hall–Kier alpha value is -0.0800. The minimum Gasteiger partial charge on any atom is -0.213 e. The first kappa shape index (κ1) is 7.92. The van der Waals surface area contributed by atoms with E-state index in [-0.39, 0.29) is 0 Å². The highest BCUT2D eigenvalue weighted by Crippen LogP contribution is 1.96. The zero-order chi connectivity index (χ0) is 6.24. The number of hydrogen-bond donors (Lipinski definition) is 1. The molecule has 0 aromatic rings. The van der Waals surface area contributed by atoms with Crippen LogP contribution in [0.5, 0.6) is 0 Å². The summed E-state index contributed by atoms with van der Waals surface area (Å²) in [6.07, 6.45) is 5.06. The van der Waals surface area contributed by atoms with Gasteiger partial charge in [-0.25, -0.2) is 10.7 Å². The number of unbranched alkanes of at least 4 members (excludes halogenated alkanes) is 3. The molecule has 0 fully saturated rings. The van der Waals surface area contributed by atoms with E-state index in [4.69, 9.17) is 0 Å². The van der Waals surface area contributed by atoms with Gasteiger partial charge in [0.25, 0.3) is 0 Å². The Balaban J connectivity index is 2.53. The molecule has 0 amide bonds. The van der Waals surface area contributed by atoms with Gasteiger partial charge in [-0.3, -0.25) is 0 Å². The fourth-order valence-electron chi connectivity index (χ4n) is 0.631. The molecule has 0 bridgehead atoms. The van der Waals surface area contributed by atoms with Gasteiger partial charge >= 0.3 is 0 Å². The standard InChI is InChI=1S/C6H16NO/c1-2-3-4-5-6-8-7/h2-6H2,1,7H3/q+1. The molecule has 0 heterocycles. The van der Waals surface area contributed by atoms with E-state index >= 15 is 0 Å². The predicted octanol–water partition coefficient (Wildman–Crippen LogP) is 0.740. The second kappa shape index (κ2) is 6.92. The SMILES string of the molecule is CCCCCCO[NH3+]. The zero-order valence-corrected chi connectivity index (χ0v) is 5.65. The molecule has 8 heavy (non-hydrogen) atoms. The van der Waals surface area contributed by atoms with E-state index < -0.39 is 0 Å². The van der Waals surface area contributed by atoms with Crippen LogP contribution in [-0.2, 0) is 4.84 Å². The van der Waals surface area contributed by atoms with Crippen molar-refractivity contribution in [1.82, 2.24) is 0 Å². The first-order valence-corrected chi connectivity index (χ1v) is 3.28. The Bertz CT molecular complexity index is 33.5. The van der Waals surface area contributed by atoms with Crippen LogP contribution in [0.25, 0.3) is 0 Å². The van der Waals surface area contributed by atoms with Crippen LogP contribution in [0.3, 0.4) is 0 Å². The normalized spacial score (nSPS) is 9.75. The molecule has 0 rings (SSSR count). The monoisotopic (exact) mass is 118 g/mol. The molecule has 0 spiro atoms. The van der Waals surface area contributed by atoms with Gasteiger partial charge in [0.2, 0.25) is 0 Å². The number of hydrogen-bond acceptors (Lipinski definition) is 1. The van der Waals surface area contributed by atoms with E-state index in [2.05, 4.69) is 17.7 Å². The molecule has 50 valence electrons. The molecular formula is C6H16NO+. The maximum absolute atomic E-state index is 4.64. The third kappa shape index (κ3) is 5.92. The molecular weight excluding hydrogens is 102 g/mol. The molecule has 0 radical (unpaired) electrons. The summed E-state index contributed by atoms with van der Waals surface area (Å²) >= 11 is 0. The van der Waals surface area contributed by atoms with Crippen molar-refractivity contribution in [3.63, 3.8) is 0 Å². The lowest BCUT2D eigenvalue weighted by Crippen LogP contribution is -2.49. The molecule has 0 saturated heterocycles. The molecule has 2 heteroatoms. The Morgan fingerprint density at radius 1 is 1.25 bits per heavy atom. The van der Waals surface area contributed by atoms with Gasteiger partial charge < -0.3 is 0 Å². The Labute approximate surface area is 51.0 Å². The van der Waals surface area contributed by atoms with Gasteiger partial charge in [0.05, 0.1) is 0 Å². The molecule has 3 N–H and O–H groups in total. The van der Waals surface area contributed by atoms with E-state index in [9.17, 15) is 0 Å². The lowest BCUT2D eigenvalue weighted by Gasteiger charge is -1.92. The lowest BCUT2D eigenvalue weighted by molar-refractivity contribution is -0.689. The van der Waals surface area contributed by atoms with Crippen molar-refractivity contribution in [3.05, 3.63) is 0 Å². The Morgan fingerprint density at radius 3 is 2.50 bits per heavy atom. The van der Waals surface area contributed by atoms with Crippen LogP contribution in [0.1, 0.15) is 32.6 Å². The minimum atomic E-state index is 0.819. The van der Waals surface area contributed by atoms with E-state index in [1.54, 1.807) is 0 Å². The average Bonchev–Trinajstić information content (AvgIpc) is 1.81. The van der Waals surface area contributed by atoms with Crippen LogP contribution in [0.2, 0.25) is 0 Å². The molecule has 0 aromatic heterocycles. The fraction of sp³-hybridized carbons (Fsp3) is 1.00. The van der Waals surface area contributed by atoms with Crippen LogP contribution in [0, 0.1) is 0 Å². The lowest BCUT2D eigenvalue weighted by atomic mass is 10.2. The summed E-state index contributed by atoms with van der Waals surface area (Å²) in [5, 5.41) is 0. The van der Waals surface area contributed by atoms with Crippen LogP contribution in [0.15, 0.2) is 0 Å². The van der Waals surface area contributed by atoms with Gasteiger partial charge in [-0.05, 0) is 6.42 Å².